The first-order valence-corrected chi connectivity index (χ1v) is 4.31. The van der Waals surface area contributed by atoms with E-state index in [1.807, 2.05) is 12.4 Å². The zero-order valence-electron chi connectivity index (χ0n) is 7.11. The quantitative estimate of drug-likeness (QED) is 0.582. The van der Waals surface area contributed by atoms with Gasteiger partial charge in [-0.05, 0) is 43.1 Å². The molecule has 0 amide bonds. The summed E-state index contributed by atoms with van der Waals surface area (Å²) in [5.74, 6) is 0.672. The van der Waals surface area contributed by atoms with Crippen LogP contribution < -0.4 is 0 Å². The van der Waals surface area contributed by atoms with E-state index in [0.717, 1.165) is 13.1 Å². The molecule has 0 aromatic carbocycles. The second kappa shape index (κ2) is 3.23. The number of nitrogens with zero attached hydrogens (tertiary/aromatic N) is 2. The van der Waals surface area contributed by atoms with Gasteiger partial charge in [0.05, 0.1) is 0 Å². The van der Waals surface area contributed by atoms with Gasteiger partial charge >= 0.3 is 0 Å². The maximum atomic E-state index is 4.01. The lowest BCUT2D eigenvalue weighted by atomic mass is 10.0. The first-order chi connectivity index (χ1) is 5.86. The molecule has 2 nitrogen and oxygen atoms in total. The number of likely N-dealkylation sites (tertiary alicyclic amines) is 1. The molecule has 0 bridgehead atoms. The molecule has 1 aromatic rings. The molecule has 1 saturated heterocycles. The SMILES string of the molecule is [CH2-]N1CCC(c2ccncc2)C1. The average molecular weight is 161 g/mol. The second-order valence-electron chi connectivity index (χ2n) is 3.34. The van der Waals surface area contributed by atoms with Crippen LogP contribution in [0.5, 0.6) is 0 Å². The van der Waals surface area contributed by atoms with E-state index in [9.17, 15) is 0 Å². The molecule has 1 fully saturated rings. The summed E-state index contributed by atoms with van der Waals surface area (Å²) >= 11 is 0. The molecule has 1 unspecified atom stereocenters. The van der Waals surface area contributed by atoms with Crippen LogP contribution in [0, 0.1) is 7.05 Å². The van der Waals surface area contributed by atoms with E-state index < -0.39 is 0 Å². The number of hydrogen-bond acceptors (Lipinski definition) is 2. The molecule has 2 rings (SSSR count). The summed E-state index contributed by atoms with van der Waals surface area (Å²) in [7, 11) is 3.93. The fraction of sp³-hybridized carbons (Fsp3) is 0.400. The fourth-order valence-corrected chi connectivity index (χ4v) is 1.74. The van der Waals surface area contributed by atoms with Crippen LogP contribution in [0.1, 0.15) is 17.9 Å². The zero-order chi connectivity index (χ0) is 8.39. The van der Waals surface area contributed by atoms with E-state index >= 15 is 0 Å². The van der Waals surface area contributed by atoms with Crippen LogP contribution in [-0.2, 0) is 0 Å². The van der Waals surface area contributed by atoms with Gasteiger partial charge in [0.2, 0.25) is 0 Å². The lowest BCUT2D eigenvalue weighted by Gasteiger charge is -2.16. The van der Waals surface area contributed by atoms with Crippen LogP contribution in [-0.4, -0.2) is 23.0 Å². The van der Waals surface area contributed by atoms with Crippen molar-refractivity contribution in [2.24, 2.45) is 0 Å². The van der Waals surface area contributed by atoms with Crippen molar-refractivity contribution in [3.05, 3.63) is 37.1 Å². The monoisotopic (exact) mass is 161 g/mol. The Morgan fingerprint density at radius 1 is 1.42 bits per heavy atom. The molecule has 2 heteroatoms. The Labute approximate surface area is 73.2 Å². The summed E-state index contributed by atoms with van der Waals surface area (Å²) in [6, 6.07) is 4.20. The molecule has 0 radical (unpaired) electrons. The maximum absolute atomic E-state index is 4.01. The Morgan fingerprint density at radius 3 is 2.75 bits per heavy atom. The number of rotatable bonds is 1. The Hall–Kier alpha value is -0.890. The summed E-state index contributed by atoms with van der Waals surface area (Å²) in [6.45, 7) is 2.21. The number of aromatic nitrogens is 1. The molecular weight excluding hydrogens is 148 g/mol. The van der Waals surface area contributed by atoms with Crippen molar-refractivity contribution in [1.29, 1.82) is 0 Å². The molecule has 1 aromatic heterocycles. The van der Waals surface area contributed by atoms with Gasteiger partial charge in [-0.3, -0.25) is 12.0 Å². The van der Waals surface area contributed by atoms with Gasteiger partial charge in [0, 0.05) is 12.4 Å². The zero-order valence-corrected chi connectivity index (χ0v) is 7.11. The first kappa shape index (κ1) is 7.74. The highest BCUT2D eigenvalue weighted by molar-refractivity contribution is 5.17. The van der Waals surface area contributed by atoms with Crippen molar-refractivity contribution >= 4 is 0 Å². The lowest BCUT2D eigenvalue weighted by Crippen LogP contribution is -2.10. The smallest absolute Gasteiger partial charge is 0.0270 e. The highest BCUT2D eigenvalue weighted by Crippen LogP contribution is 2.25. The van der Waals surface area contributed by atoms with Crippen LogP contribution in [0.4, 0.5) is 0 Å². The van der Waals surface area contributed by atoms with Crippen LogP contribution in [0.3, 0.4) is 0 Å². The van der Waals surface area contributed by atoms with Gasteiger partial charge < -0.3 is 4.90 Å². The summed E-state index contributed by atoms with van der Waals surface area (Å²) < 4.78 is 0. The van der Waals surface area contributed by atoms with Gasteiger partial charge in [-0.25, -0.2) is 0 Å². The molecule has 64 valence electrons. The molecule has 0 N–H and O–H groups in total. The van der Waals surface area contributed by atoms with E-state index in [4.69, 9.17) is 0 Å². The van der Waals surface area contributed by atoms with Crippen LogP contribution >= 0.6 is 0 Å². The van der Waals surface area contributed by atoms with E-state index in [1.54, 1.807) is 0 Å². The van der Waals surface area contributed by atoms with Crippen molar-refractivity contribution in [2.45, 2.75) is 12.3 Å². The van der Waals surface area contributed by atoms with Gasteiger partial charge in [-0.2, -0.15) is 0 Å². The van der Waals surface area contributed by atoms with Crippen LogP contribution in [0.15, 0.2) is 24.5 Å². The molecule has 0 saturated carbocycles. The number of hydrogen-bond donors (Lipinski definition) is 0. The molecular formula is C10H13N2-. The standard InChI is InChI=1S/C10H13N2/c1-12-7-4-10(8-12)9-2-5-11-6-3-9/h2-3,5-6,10H,1,4,7-8H2/q-1. The minimum absolute atomic E-state index is 0.672. The molecule has 12 heavy (non-hydrogen) atoms. The van der Waals surface area contributed by atoms with Crippen molar-refractivity contribution in [3.8, 4) is 0 Å². The maximum Gasteiger partial charge on any atom is 0.0270 e. The topological polar surface area (TPSA) is 16.1 Å². The van der Waals surface area contributed by atoms with Gasteiger partial charge in [-0.15, -0.1) is 0 Å². The lowest BCUT2D eigenvalue weighted by molar-refractivity contribution is 0.454. The van der Waals surface area contributed by atoms with Crippen molar-refractivity contribution in [2.75, 3.05) is 13.1 Å². The molecule has 0 spiro atoms. The third-order valence-corrected chi connectivity index (χ3v) is 2.45. The van der Waals surface area contributed by atoms with Gasteiger partial charge in [0.25, 0.3) is 0 Å². The summed E-state index contributed by atoms with van der Waals surface area (Å²) in [4.78, 5) is 6.14. The van der Waals surface area contributed by atoms with Crippen LogP contribution in [0.2, 0.25) is 0 Å². The van der Waals surface area contributed by atoms with Gasteiger partial charge in [0.1, 0.15) is 0 Å². The van der Waals surface area contributed by atoms with Crippen molar-refractivity contribution in [3.63, 3.8) is 0 Å². The Balaban J connectivity index is 2.11. The Morgan fingerprint density at radius 2 is 2.17 bits per heavy atom. The van der Waals surface area contributed by atoms with Crippen LogP contribution in [0.25, 0.3) is 0 Å². The molecule has 1 aliphatic rings. The Bertz CT molecular complexity index is 245. The predicted molar refractivity (Wildman–Crippen MR) is 48.5 cm³/mol. The third kappa shape index (κ3) is 1.48. The van der Waals surface area contributed by atoms with E-state index in [1.165, 1.54) is 12.0 Å². The second-order valence-corrected chi connectivity index (χ2v) is 3.34. The van der Waals surface area contributed by atoms with Crippen molar-refractivity contribution in [1.82, 2.24) is 9.88 Å². The van der Waals surface area contributed by atoms with Crippen molar-refractivity contribution < 1.29 is 0 Å². The van der Waals surface area contributed by atoms with E-state index in [2.05, 4.69) is 29.1 Å². The van der Waals surface area contributed by atoms with Gasteiger partial charge in [0.15, 0.2) is 0 Å². The Kier molecular flexibility index (Phi) is 2.09. The normalized spacial score (nSPS) is 24.6. The predicted octanol–water partition coefficient (Wildman–Crippen LogP) is 1.66. The number of pyridine rings is 1. The first-order valence-electron chi connectivity index (χ1n) is 4.31. The highest BCUT2D eigenvalue weighted by Gasteiger charge is 2.17. The van der Waals surface area contributed by atoms with E-state index in [-0.39, 0.29) is 0 Å². The molecule has 1 aliphatic heterocycles. The third-order valence-electron chi connectivity index (χ3n) is 2.45. The molecule has 2 heterocycles. The summed E-state index contributed by atoms with van der Waals surface area (Å²) in [5.41, 5.74) is 1.40. The largest absolute Gasteiger partial charge is 0.459 e. The minimum atomic E-state index is 0.672. The molecule has 0 aliphatic carbocycles. The van der Waals surface area contributed by atoms with Gasteiger partial charge in [-0.1, -0.05) is 0 Å². The average Bonchev–Trinajstić information content (AvgIpc) is 2.54. The fourth-order valence-electron chi connectivity index (χ4n) is 1.74. The minimum Gasteiger partial charge on any atom is -0.459 e. The highest BCUT2D eigenvalue weighted by atomic mass is 15.1. The summed E-state index contributed by atoms with van der Waals surface area (Å²) in [6.07, 6.45) is 4.95. The van der Waals surface area contributed by atoms with E-state index in [0.29, 0.717) is 5.92 Å². The molecule has 1 atom stereocenters. The summed E-state index contributed by atoms with van der Waals surface area (Å²) in [5, 5.41) is 0.